The standard InChI is InChI=1S/C19H19BrN2O3S/c20-14-3-6-16(17(23)12-14)19(25)21-15-4-1-13(2-5-15)11-18(24)22-7-9-26-10-8-22/h1-6,12,23H,7-11H2,(H,21,25). The maximum atomic E-state index is 12.3. The minimum Gasteiger partial charge on any atom is -0.507 e. The van der Waals surface area contributed by atoms with Crippen molar-refractivity contribution in [3.05, 3.63) is 58.1 Å². The number of carbonyl (C=O) groups is 2. The van der Waals surface area contributed by atoms with Gasteiger partial charge in [-0.05, 0) is 35.9 Å². The molecule has 1 aliphatic heterocycles. The van der Waals surface area contributed by atoms with Gasteiger partial charge in [0.15, 0.2) is 0 Å². The van der Waals surface area contributed by atoms with Gasteiger partial charge in [0.2, 0.25) is 5.91 Å². The van der Waals surface area contributed by atoms with Crippen LogP contribution in [0.5, 0.6) is 5.75 Å². The van der Waals surface area contributed by atoms with Crippen LogP contribution in [-0.4, -0.2) is 46.4 Å². The molecule has 2 aromatic carbocycles. The summed E-state index contributed by atoms with van der Waals surface area (Å²) in [7, 11) is 0. The number of hydrogen-bond acceptors (Lipinski definition) is 4. The van der Waals surface area contributed by atoms with Gasteiger partial charge in [-0.3, -0.25) is 9.59 Å². The van der Waals surface area contributed by atoms with Gasteiger partial charge in [0, 0.05) is 34.8 Å². The third-order valence-corrected chi connectivity index (χ3v) is 5.57. The van der Waals surface area contributed by atoms with Gasteiger partial charge in [0.1, 0.15) is 5.75 Å². The molecule has 3 rings (SSSR count). The molecule has 0 aliphatic carbocycles. The number of thioether (sulfide) groups is 1. The van der Waals surface area contributed by atoms with Crippen molar-refractivity contribution in [2.45, 2.75) is 6.42 Å². The number of rotatable bonds is 4. The van der Waals surface area contributed by atoms with Crippen LogP contribution in [-0.2, 0) is 11.2 Å². The number of phenols is 1. The van der Waals surface area contributed by atoms with E-state index in [4.69, 9.17) is 0 Å². The molecule has 2 aromatic rings. The molecule has 0 unspecified atom stereocenters. The third-order valence-electron chi connectivity index (χ3n) is 4.14. The number of amides is 2. The van der Waals surface area contributed by atoms with Crippen LogP contribution in [0.1, 0.15) is 15.9 Å². The van der Waals surface area contributed by atoms with Gasteiger partial charge in [-0.1, -0.05) is 28.1 Å². The Morgan fingerprint density at radius 2 is 1.81 bits per heavy atom. The van der Waals surface area contributed by atoms with Crippen LogP contribution in [0, 0.1) is 0 Å². The van der Waals surface area contributed by atoms with E-state index in [0.29, 0.717) is 16.6 Å². The van der Waals surface area contributed by atoms with Crippen LogP contribution in [0.15, 0.2) is 46.9 Å². The fraction of sp³-hybridized carbons (Fsp3) is 0.263. The zero-order valence-electron chi connectivity index (χ0n) is 14.1. The Kier molecular flexibility index (Phi) is 6.21. The van der Waals surface area contributed by atoms with Gasteiger partial charge in [-0.15, -0.1) is 0 Å². The molecular formula is C19H19BrN2O3S. The van der Waals surface area contributed by atoms with Gasteiger partial charge in [0.25, 0.3) is 5.91 Å². The molecule has 0 bridgehead atoms. The van der Waals surface area contributed by atoms with Gasteiger partial charge >= 0.3 is 0 Å². The molecule has 0 spiro atoms. The van der Waals surface area contributed by atoms with E-state index >= 15 is 0 Å². The molecule has 5 nitrogen and oxygen atoms in total. The summed E-state index contributed by atoms with van der Waals surface area (Å²) in [5, 5.41) is 12.6. The third kappa shape index (κ3) is 4.80. The second-order valence-electron chi connectivity index (χ2n) is 5.98. The molecule has 2 N–H and O–H groups in total. The van der Waals surface area contributed by atoms with Crippen molar-refractivity contribution in [3.8, 4) is 5.75 Å². The van der Waals surface area contributed by atoms with Crippen LogP contribution in [0.4, 0.5) is 5.69 Å². The molecule has 0 saturated carbocycles. The van der Waals surface area contributed by atoms with E-state index in [1.165, 1.54) is 6.07 Å². The first-order chi connectivity index (χ1) is 12.5. The summed E-state index contributed by atoms with van der Waals surface area (Å²) in [6.07, 6.45) is 0.367. The first kappa shape index (κ1) is 18.8. The highest BCUT2D eigenvalue weighted by Crippen LogP contribution is 2.23. The molecule has 0 radical (unpaired) electrons. The lowest BCUT2D eigenvalue weighted by molar-refractivity contribution is -0.130. The lowest BCUT2D eigenvalue weighted by Gasteiger charge is -2.26. The highest BCUT2D eigenvalue weighted by molar-refractivity contribution is 9.10. The smallest absolute Gasteiger partial charge is 0.259 e. The summed E-state index contributed by atoms with van der Waals surface area (Å²) in [5.74, 6) is 1.67. The Labute approximate surface area is 164 Å². The first-order valence-electron chi connectivity index (χ1n) is 8.27. The minimum atomic E-state index is -0.385. The largest absolute Gasteiger partial charge is 0.507 e. The van der Waals surface area contributed by atoms with Crippen molar-refractivity contribution >= 4 is 45.2 Å². The number of hydrogen-bond donors (Lipinski definition) is 2. The summed E-state index contributed by atoms with van der Waals surface area (Å²) >= 11 is 5.12. The fourth-order valence-electron chi connectivity index (χ4n) is 2.70. The van der Waals surface area contributed by atoms with Crippen LogP contribution in [0.25, 0.3) is 0 Å². The average Bonchev–Trinajstić information content (AvgIpc) is 2.64. The van der Waals surface area contributed by atoms with Crippen molar-refractivity contribution in [3.63, 3.8) is 0 Å². The molecule has 26 heavy (non-hydrogen) atoms. The molecule has 2 amide bonds. The van der Waals surface area contributed by atoms with Crippen molar-refractivity contribution in [2.75, 3.05) is 29.9 Å². The Balaban J connectivity index is 1.60. The van der Waals surface area contributed by atoms with Crippen molar-refractivity contribution in [2.24, 2.45) is 0 Å². The summed E-state index contributed by atoms with van der Waals surface area (Å²) in [6, 6.07) is 11.9. The lowest BCUT2D eigenvalue weighted by Crippen LogP contribution is -2.38. The Bertz CT molecular complexity index is 805. The van der Waals surface area contributed by atoms with E-state index in [0.717, 1.165) is 30.2 Å². The molecule has 136 valence electrons. The minimum absolute atomic E-state index is 0.0845. The van der Waals surface area contributed by atoms with Gasteiger partial charge in [-0.2, -0.15) is 11.8 Å². The SMILES string of the molecule is O=C(Nc1ccc(CC(=O)N2CCSCC2)cc1)c1ccc(Br)cc1O. The van der Waals surface area contributed by atoms with E-state index in [-0.39, 0.29) is 23.1 Å². The van der Waals surface area contributed by atoms with E-state index in [9.17, 15) is 14.7 Å². The van der Waals surface area contributed by atoms with E-state index in [1.54, 1.807) is 24.3 Å². The number of carbonyl (C=O) groups excluding carboxylic acids is 2. The first-order valence-corrected chi connectivity index (χ1v) is 10.2. The number of phenolic OH excluding ortho intramolecular Hbond substituents is 1. The number of aromatic hydroxyl groups is 1. The maximum Gasteiger partial charge on any atom is 0.259 e. The van der Waals surface area contributed by atoms with Gasteiger partial charge < -0.3 is 15.3 Å². The summed E-state index contributed by atoms with van der Waals surface area (Å²) < 4.78 is 0.702. The lowest BCUT2D eigenvalue weighted by atomic mass is 10.1. The van der Waals surface area contributed by atoms with Crippen molar-refractivity contribution < 1.29 is 14.7 Å². The quantitative estimate of drug-likeness (QED) is 0.771. The summed E-state index contributed by atoms with van der Waals surface area (Å²) in [6.45, 7) is 1.63. The van der Waals surface area contributed by atoms with Gasteiger partial charge in [0.05, 0.1) is 12.0 Å². The Morgan fingerprint density at radius 3 is 2.46 bits per heavy atom. The number of nitrogens with one attached hydrogen (secondary N) is 1. The number of halogens is 1. The second-order valence-corrected chi connectivity index (χ2v) is 8.12. The molecule has 1 aliphatic rings. The van der Waals surface area contributed by atoms with E-state index in [1.807, 2.05) is 28.8 Å². The molecule has 1 fully saturated rings. The molecule has 7 heteroatoms. The second kappa shape index (κ2) is 8.60. The molecule has 1 saturated heterocycles. The Morgan fingerprint density at radius 1 is 1.12 bits per heavy atom. The fourth-order valence-corrected chi connectivity index (χ4v) is 3.95. The van der Waals surface area contributed by atoms with Crippen LogP contribution < -0.4 is 5.32 Å². The van der Waals surface area contributed by atoms with Crippen LogP contribution in [0.3, 0.4) is 0 Å². The highest BCUT2D eigenvalue weighted by atomic mass is 79.9. The Hall–Kier alpha value is -1.99. The number of nitrogens with zero attached hydrogens (tertiary/aromatic N) is 1. The predicted molar refractivity (Wildman–Crippen MR) is 108 cm³/mol. The topological polar surface area (TPSA) is 69.6 Å². The van der Waals surface area contributed by atoms with Crippen LogP contribution >= 0.6 is 27.7 Å². The van der Waals surface area contributed by atoms with Crippen molar-refractivity contribution in [1.82, 2.24) is 4.90 Å². The average molecular weight is 435 g/mol. The summed E-state index contributed by atoms with van der Waals surface area (Å²) in [4.78, 5) is 26.5. The normalized spacial score (nSPS) is 14.1. The zero-order chi connectivity index (χ0) is 18.5. The monoisotopic (exact) mass is 434 g/mol. The molecule has 1 heterocycles. The summed E-state index contributed by atoms with van der Waals surface area (Å²) in [5.41, 5.74) is 1.73. The maximum absolute atomic E-state index is 12.3. The zero-order valence-corrected chi connectivity index (χ0v) is 16.5. The molecular weight excluding hydrogens is 416 g/mol. The number of benzene rings is 2. The van der Waals surface area contributed by atoms with Gasteiger partial charge in [-0.25, -0.2) is 0 Å². The molecule has 0 aromatic heterocycles. The molecule has 0 atom stereocenters. The van der Waals surface area contributed by atoms with E-state index in [2.05, 4.69) is 21.2 Å². The highest BCUT2D eigenvalue weighted by Gasteiger charge is 2.17. The van der Waals surface area contributed by atoms with E-state index < -0.39 is 0 Å². The van der Waals surface area contributed by atoms with Crippen LogP contribution in [0.2, 0.25) is 0 Å². The number of anilines is 1. The predicted octanol–water partition coefficient (Wildman–Crippen LogP) is 3.52. The van der Waals surface area contributed by atoms with Crippen molar-refractivity contribution in [1.29, 1.82) is 0 Å².